The van der Waals surface area contributed by atoms with E-state index in [1.54, 1.807) is 26.0 Å². The van der Waals surface area contributed by atoms with Crippen molar-refractivity contribution in [1.29, 1.82) is 0 Å². The Morgan fingerprint density at radius 1 is 1.10 bits per heavy atom. The molecule has 0 fully saturated rings. The van der Waals surface area contributed by atoms with Crippen LogP contribution in [-0.2, 0) is 21.2 Å². The smallest absolute Gasteiger partial charge is 0.265 e. The molecule has 1 atom stereocenters. The van der Waals surface area contributed by atoms with Crippen molar-refractivity contribution >= 4 is 27.3 Å². The number of rotatable bonds is 8. The van der Waals surface area contributed by atoms with Crippen LogP contribution in [0.3, 0.4) is 0 Å². The topological polar surface area (TPSA) is 87.7 Å². The maximum absolute atomic E-state index is 12.9. The third-order valence-corrected chi connectivity index (χ3v) is 6.94. The average Bonchev–Trinajstić information content (AvgIpc) is 3.14. The third-order valence-electron chi connectivity index (χ3n) is 4.90. The number of carbonyl (C=O) groups is 1. The molecule has 0 saturated heterocycles. The Morgan fingerprint density at radius 2 is 1.83 bits per heavy atom. The summed E-state index contributed by atoms with van der Waals surface area (Å²) in [6.07, 6.45) is -0.166. The second kappa shape index (κ2) is 8.84. The molecule has 1 aliphatic rings. The lowest BCUT2D eigenvalue weighted by atomic mass is 10.1. The molecule has 0 spiro atoms. The molecule has 1 heterocycles. The molecule has 29 heavy (non-hydrogen) atoms. The van der Waals surface area contributed by atoms with E-state index in [9.17, 15) is 13.2 Å². The van der Waals surface area contributed by atoms with E-state index in [0.717, 1.165) is 5.56 Å². The highest BCUT2D eigenvalue weighted by atomic mass is 32.2. The first kappa shape index (κ1) is 21.1. The second-order valence-electron chi connectivity index (χ2n) is 6.73. The van der Waals surface area contributed by atoms with Gasteiger partial charge in [-0.25, -0.2) is 8.42 Å². The summed E-state index contributed by atoms with van der Waals surface area (Å²) < 4.78 is 32.9. The lowest BCUT2D eigenvalue weighted by Gasteiger charge is -2.20. The van der Waals surface area contributed by atoms with Crippen molar-refractivity contribution in [3.63, 3.8) is 0 Å². The maximum Gasteiger partial charge on any atom is 0.265 e. The molecule has 156 valence electrons. The van der Waals surface area contributed by atoms with Gasteiger partial charge in [-0.15, -0.1) is 0 Å². The van der Waals surface area contributed by atoms with Gasteiger partial charge in [0.1, 0.15) is 5.75 Å². The largest absolute Gasteiger partial charge is 0.480 e. The van der Waals surface area contributed by atoms with E-state index in [-0.39, 0.29) is 10.8 Å². The quantitative estimate of drug-likeness (QED) is 0.689. The van der Waals surface area contributed by atoms with Crippen molar-refractivity contribution in [2.75, 3.05) is 30.3 Å². The molecule has 2 aromatic carbocycles. The van der Waals surface area contributed by atoms with Gasteiger partial charge >= 0.3 is 0 Å². The zero-order chi connectivity index (χ0) is 21.0. The van der Waals surface area contributed by atoms with Crippen LogP contribution in [0.1, 0.15) is 26.3 Å². The van der Waals surface area contributed by atoms with Gasteiger partial charge in [0.25, 0.3) is 5.91 Å². The van der Waals surface area contributed by atoms with E-state index >= 15 is 0 Å². The van der Waals surface area contributed by atoms with Crippen molar-refractivity contribution in [1.82, 2.24) is 4.31 Å². The van der Waals surface area contributed by atoms with Crippen LogP contribution < -0.4 is 15.4 Å². The standard InChI is InChI=1S/C21H27N3O4S/c1-4-22-17-12-11-16(29(26,27)24(5-2)6-3)14-18(17)23-21(25)20-13-15-9-7-8-10-19(15)28-20/h7-12,14,20,22H,4-6,13H2,1-3H3,(H,23,25)/t20-/m1/s1. The molecule has 0 aliphatic carbocycles. The summed E-state index contributed by atoms with van der Waals surface area (Å²) in [6, 6.07) is 12.3. The van der Waals surface area contributed by atoms with Crippen LogP contribution in [0.5, 0.6) is 5.75 Å². The van der Waals surface area contributed by atoms with Gasteiger partial charge < -0.3 is 15.4 Å². The van der Waals surface area contributed by atoms with E-state index in [2.05, 4.69) is 10.6 Å². The lowest BCUT2D eigenvalue weighted by Crippen LogP contribution is -2.32. The molecule has 1 aliphatic heterocycles. The molecule has 0 saturated carbocycles. The Labute approximate surface area is 172 Å². The van der Waals surface area contributed by atoms with Gasteiger partial charge in [-0.05, 0) is 36.8 Å². The zero-order valence-corrected chi connectivity index (χ0v) is 17.8. The number of carbonyl (C=O) groups excluding carboxylic acids is 1. The summed E-state index contributed by atoms with van der Waals surface area (Å²) in [4.78, 5) is 13.0. The number of amides is 1. The SMILES string of the molecule is CCNc1ccc(S(=O)(=O)N(CC)CC)cc1NC(=O)[C@H]1Cc2ccccc2O1. The molecule has 0 unspecified atom stereocenters. The van der Waals surface area contributed by atoms with Gasteiger partial charge in [0.15, 0.2) is 6.10 Å². The van der Waals surface area contributed by atoms with Crippen molar-refractivity contribution in [3.8, 4) is 5.75 Å². The van der Waals surface area contributed by atoms with E-state index < -0.39 is 16.1 Å². The highest BCUT2D eigenvalue weighted by Gasteiger charge is 2.30. The monoisotopic (exact) mass is 417 g/mol. The van der Waals surface area contributed by atoms with Crippen molar-refractivity contribution < 1.29 is 17.9 Å². The Bertz CT molecular complexity index is 962. The minimum atomic E-state index is -3.63. The summed E-state index contributed by atoms with van der Waals surface area (Å²) in [5, 5.41) is 6.01. The van der Waals surface area contributed by atoms with Crippen molar-refractivity contribution in [2.24, 2.45) is 0 Å². The second-order valence-corrected chi connectivity index (χ2v) is 8.67. The Balaban J connectivity index is 1.86. The molecule has 8 heteroatoms. The Hall–Kier alpha value is -2.58. The van der Waals surface area contributed by atoms with Crippen molar-refractivity contribution in [2.45, 2.75) is 38.2 Å². The number of hydrogen-bond donors (Lipinski definition) is 2. The molecule has 0 radical (unpaired) electrons. The van der Waals surface area contributed by atoms with Crippen LogP contribution in [-0.4, -0.2) is 44.4 Å². The van der Waals surface area contributed by atoms with Crippen LogP contribution in [0.2, 0.25) is 0 Å². The van der Waals surface area contributed by atoms with Gasteiger partial charge in [-0.1, -0.05) is 32.0 Å². The van der Waals surface area contributed by atoms with Gasteiger partial charge in [0.05, 0.1) is 16.3 Å². The van der Waals surface area contributed by atoms with Crippen LogP contribution >= 0.6 is 0 Å². The molecular weight excluding hydrogens is 390 g/mol. The summed E-state index contributed by atoms with van der Waals surface area (Å²) >= 11 is 0. The fourth-order valence-corrected chi connectivity index (χ4v) is 4.87. The van der Waals surface area contributed by atoms with E-state index in [1.165, 1.54) is 10.4 Å². The van der Waals surface area contributed by atoms with Gasteiger partial charge in [0, 0.05) is 26.1 Å². The fourth-order valence-electron chi connectivity index (χ4n) is 3.39. The molecular formula is C21H27N3O4S. The summed E-state index contributed by atoms with van der Waals surface area (Å²) in [5.74, 6) is 0.398. The average molecular weight is 418 g/mol. The molecule has 1 amide bonds. The molecule has 3 rings (SSSR count). The minimum absolute atomic E-state index is 0.147. The number of nitrogens with zero attached hydrogens (tertiary/aromatic N) is 1. The molecule has 0 aromatic heterocycles. The molecule has 2 aromatic rings. The highest BCUT2D eigenvalue weighted by Crippen LogP contribution is 2.31. The third kappa shape index (κ3) is 4.38. The first-order valence-electron chi connectivity index (χ1n) is 9.84. The van der Waals surface area contributed by atoms with E-state index in [4.69, 9.17) is 4.74 Å². The normalized spacial score (nSPS) is 15.7. The number of nitrogens with one attached hydrogen (secondary N) is 2. The number of benzene rings is 2. The number of sulfonamides is 1. The number of para-hydroxylation sites is 1. The van der Waals surface area contributed by atoms with Crippen LogP contribution in [0, 0.1) is 0 Å². The number of hydrogen-bond acceptors (Lipinski definition) is 5. The number of fused-ring (bicyclic) bond motifs is 1. The first-order chi connectivity index (χ1) is 13.9. The van der Waals surface area contributed by atoms with Gasteiger partial charge in [0.2, 0.25) is 10.0 Å². The molecule has 2 N–H and O–H groups in total. The Morgan fingerprint density at radius 3 is 2.48 bits per heavy atom. The zero-order valence-electron chi connectivity index (χ0n) is 16.9. The number of ether oxygens (including phenoxy) is 1. The van der Waals surface area contributed by atoms with E-state index in [0.29, 0.717) is 43.2 Å². The van der Waals surface area contributed by atoms with Crippen molar-refractivity contribution in [3.05, 3.63) is 48.0 Å². The summed E-state index contributed by atoms with van der Waals surface area (Å²) in [5.41, 5.74) is 2.07. The molecule has 0 bridgehead atoms. The maximum atomic E-state index is 12.9. The highest BCUT2D eigenvalue weighted by molar-refractivity contribution is 7.89. The first-order valence-corrected chi connectivity index (χ1v) is 11.3. The summed E-state index contributed by atoms with van der Waals surface area (Å²) in [6.45, 7) is 6.92. The fraction of sp³-hybridized carbons (Fsp3) is 0.381. The van der Waals surface area contributed by atoms with Crippen LogP contribution in [0.15, 0.2) is 47.4 Å². The number of anilines is 2. The Kier molecular flexibility index (Phi) is 6.44. The predicted octanol–water partition coefficient (Wildman–Crippen LogP) is 3.09. The summed E-state index contributed by atoms with van der Waals surface area (Å²) in [7, 11) is -3.63. The van der Waals surface area contributed by atoms with E-state index in [1.807, 2.05) is 31.2 Å². The van der Waals surface area contributed by atoms with Gasteiger partial charge in [-0.2, -0.15) is 4.31 Å². The van der Waals surface area contributed by atoms with Crippen LogP contribution in [0.25, 0.3) is 0 Å². The molecule has 7 nitrogen and oxygen atoms in total. The van der Waals surface area contributed by atoms with Crippen LogP contribution in [0.4, 0.5) is 11.4 Å². The van der Waals surface area contributed by atoms with Gasteiger partial charge in [-0.3, -0.25) is 4.79 Å². The predicted molar refractivity (Wildman–Crippen MR) is 114 cm³/mol. The lowest BCUT2D eigenvalue weighted by molar-refractivity contribution is -0.122. The minimum Gasteiger partial charge on any atom is -0.480 e.